The average molecular weight is 280 g/mol. The monoisotopic (exact) mass is 280 g/mol. The topological polar surface area (TPSA) is 18.5 Å². The van der Waals surface area contributed by atoms with Crippen LogP contribution in [0, 0.1) is 11.8 Å². The summed E-state index contributed by atoms with van der Waals surface area (Å²) in [5.74, 6) is 1.16. The predicted molar refractivity (Wildman–Crippen MR) is 78.9 cm³/mol. The third kappa shape index (κ3) is 2.25. The van der Waals surface area contributed by atoms with Crippen molar-refractivity contribution >= 4 is 7.12 Å². The summed E-state index contributed by atoms with van der Waals surface area (Å²) in [6.07, 6.45) is 7.19. The molecule has 0 N–H and O–H groups in total. The van der Waals surface area contributed by atoms with Crippen LogP contribution in [0.25, 0.3) is 0 Å². The number of halogens is 1. The molecule has 2 aliphatic carbocycles. The van der Waals surface area contributed by atoms with Gasteiger partial charge in [-0.05, 0) is 70.8 Å². The van der Waals surface area contributed by atoms with E-state index in [1.165, 1.54) is 25.7 Å². The summed E-state index contributed by atoms with van der Waals surface area (Å²) >= 11 is 0. The molecule has 4 heteroatoms. The Morgan fingerprint density at radius 2 is 1.60 bits per heavy atom. The maximum absolute atomic E-state index is 14.8. The van der Waals surface area contributed by atoms with Crippen molar-refractivity contribution in [2.45, 2.75) is 77.4 Å². The lowest BCUT2D eigenvalue weighted by Crippen LogP contribution is -2.41. The molecule has 1 saturated heterocycles. The highest BCUT2D eigenvalue weighted by Gasteiger charge is 2.54. The first kappa shape index (κ1) is 14.6. The molecule has 1 heterocycles. The van der Waals surface area contributed by atoms with Gasteiger partial charge in [-0.3, -0.25) is 0 Å². The van der Waals surface area contributed by atoms with Crippen LogP contribution in [0.1, 0.15) is 66.2 Å². The van der Waals surface area contributed by atoms with Crippen LogP contribution in [0.15, 0.2) is 11.3 Å². The lowest BCUT2D eigenvalue weighted by Gasteiger charge is -2.35. The zero-order valence-corrected chi connectivity index (χ0v) is 13.2. The first-order valence-corrected chi connectivity index (χ1v) is 8.06. The third-order valence-electron chi connectivity index (χ3n) is 5.91. The van der Waals surface area contributed by atoms with E-state index >= 15 is 0 Å². The molecule has 1 atom stereocenters. The van der Waals surface area contributed by atoms with Crippen molar-refractivity contribution in [1.29, 1.82) is 0 Å². The van der Waals surface area contributed by atoms with E-state index in [0.29, 0.717) is 11.8 Å². The fourth-order valence-corrected chi connectivity index (χ4v) is 3.73. The molecule has 0 aromatic rings. The zero-order chi connectivity index (χ0) is 14.5. The minimum atomic E-state index is -0.792. The Kier molecular flexibility index (Phi) is 3.53. The summed E-state index contributed by atoms with van der Waals surface area (Å²) in [6.45, 7) is 7.89. The van der Waals surface area contributed by atoms with E-state index in [1.54, 1.807) is 0 Å². The minimum absolute atomic E-state index is 0.133. The Morgan fingerprint density at radius 3 is 2.05 bits per heavy atom. The van der Waals surface area contributed by atoms with Gasteiger partial charge in [-0.15, -0.1) is 0 Å². The largest absolute Gasteiger partial charge is 0.525 e. The standard InChI is InChI=1S/C16H26BFO2/c1-15(2)16(3,4)20-17(19-15)14(18)13-10-9-12(13)11-7-5-6-8-11/h11-12H,5-10H2,1-4H3. The molecule has 0 spiro atoms. The summed E-state index contributed by atoms with van der Waals surface area (Å²) in [5, 5.41) is 0. The molecule has 0 bridgehead atoms. The Hall–Kier alpha value is -0.345. The molecule has 20 heavy (non-hydrogen) atoms. The second-order valence-electron chi connectivity index (χ2n) is 7.65. The molecular formula is C16H26BFO2. The molecule has 3 rings (SSSR count). The minimum Gasteiger partial charge on any atom is -0.398 e. The van der Waals surface area contributed by atoms with E-state index in [-0.39, 0.29) is 5.73 Å². The quantitative estimate of drug-likeness (QED) is 0.696. The molecular weight excluding hydrogens is 254 g/mol. The van der Waals surface area contributed by atoms with E-state index in [4.69, 9.17) is 9.31 Å². The van der Waals surface area contributed by atoms with Crippen LogP contribution in [0.3, 0.4) is 0 Å². The third-order valence-corrected chi connectivity index (χ3v) is 5.91. The molecule has 2 nitrogen and oxygen atoms in total. The summed E-state index contributed by atoms with van der Waals surface area (Å²) in [6, 6.07) is 0. The Balaban J connectivity index is 1.75. The molecule has 0 aromatic heterocycles. The van der Waals surface area contributed by atoms with Crippen LogP contribution in [0.5, 0.6) is 0 Å². The molecule has 3 aliphatic rings. The van der Waals surface area contributed by atoms with E-state index in [1.807, 2.05) is 27.7 Å². The predicted octanol–water partition coefficient (Wildman–Crippen LogP) is 4.44. The second-order valence-corrected chi connectivity index (χ2v) is 7.65. The first-order chi connectivity index (χ1) is 9.32. The number of hydrogen-bond donors (Lipinski definition) is 0. The highest BCUT2D eigenvalue weighted by atomic mass is 19.1. The Morgan fingerprint density at radius 1 is 1.05 bits per heavy atom. The van der Waals surface area contributed by atoms with Crippen LogP contribution in [-0.2, 0) is 9.31 Å². The van der Waals surface area contributed by atoms with Gasteiger partial charge in [0.1, 0.15) is 5.73 Å². The van der Waals surface area contributed by atoms with E-state index < -0.39 is 18.3 Å². The molecule has 0 radical (unpaired) electrons. The van der Waals surface area contributed by atoms with Crippen LogP contribution < -0.4 is 0 Å². The van der Waals surface area contributed by atoms with Gasteiger partial charge in [-0.1, -0.05) is 12.8 Å². The van der Waals surface area contributed by atoms with Crippen molar-refractivity contribution in [1.82, 2.24) is 0 Å². The highest BCUT2D eigenvalue weighted by Crippen LogP contribution is 2.49. The van der Waals surface area contributed by atoms with Gasteiger partial charge in [0.05, 0.1) is 11.2 Å². The van der Waals surface area contributed by atoms with Crippen molar-refractivity contribution in [3.8, 4) is 0 Å². The number of allylic oxidation sites excluding steroid dienone is 1. The smallest absolute Gasteiger partial charge is 0.398 e. The van der Waals surface area contributed by atoms with Gasteiger partial charge < -0.3 is 9.31 Å². The number of hydrogen-bond acceptors (Lipinski definition) is 2. The van der Waals surface area contributed by atoms with Gasteiger partial charge in [0.15, 0.2) is 0 Å². The maximum atomic E-state index is 14.8. The SMILES string of the molecule is CC1(C)OB(C(F)=C2CCC2C2CCCC2)OC1(C)C. The fraction of sp³-hybridized carbons (Fsp3) is 0.875. The Labute approximate surface area is 122 Å². The van der Waals surface area contributed by atoms with Crippen molar-refractivity contribution in [3.05, 3.63) is 11.3 Å². The fourth-order valence-electron chi connectivity index (χ4n) is 3.73. The molecule has 112 valence electrons. The number of rotatable bonds is 2. The molecule has 3 fully saturated rings. The van der Waals surface area contributed by atoms with Gasteiger partial charge >= 0.3 is 7.12 Å². The lowest BCUT2D eigenvalue weighted by atomic mass is 9.66. The van der Waals surface area contributed by atoms with Crippen LogP contribution >= 0.6 is 0 Å². The lowest BCUT2D eigenvalue weighted by molar-refractivity contribution is 0.00578. The van der Waals surface area contributed by atoms with Gasteiger partial charge in [-0.2, -0.15) is 0 Å². The average Bonchev–Trinajstić information content (AvgIpc) is 2.85. The van der Waals surface area contributed by atoms with Gasteiger partial charge in [0.2, 0.25) is 0 Å². The van der Waals surface area contributed by atoms with Crippen molar-refractivity contribution < 1.29 is 13.7 Å². The molecule has 1 unspecified atom stereocenters. The summed E-state index contributed by atoms with van der Waals surface area (Å²) in [7, 11) is -0.792. The first-order valence-electron chi connectivity index (χ1n) is 8.06. The summed E-state index contributed by atoms with van der Waals surface area (Å²) in [5.41, 5.74) is -0.0631. The van der Waals surface area contributed by atoms with Gasteiger partial charge in [-0.25, -0.2) is 4.39 Å². The van der Waals surface area contributed by atoms with Gasteiger partial charge in [0.25, 0.3) is 0 Å². The normalized spacial score (nSPS) is 35.2. The Bertz CT molecular complexity index is 408. The maximum Gasteiger partial charge on any atom is 0.525 e. The summed E-state index contributed by atoms with van der Waals surface area (Å²) < 4.78 is 26.5. The van der Waals surface area contributed by atoms with Crippen LogP contribution in [0.2, 0.25) is 0 Å². The van der Waals surface area contributed by atoms with Crippen LogP contribution in [0.4, 0.5) is 4.39 Å². The molecule has 1 aliphatic heterocycles. The van der Waals surface area contributed by atoms with Crippen LogP contribution in [-0.4, -0.2) is 18.3 Å². The molecule has 0 aromatic carbocycles. The highest BCUT2D eigenvalue weighted by molar-refractivity contribution is 6.53. The van der Waals surface area contributed by atoms with Crippen molar-refractivity contribution in [3.63, 3.8) is 0 Å². The van der Waals surface area contributed by atoms with E-state index in [2.05, 4.69) is 0 Å². The molecule has 0 amide bonds. The zero-order valence-electron chi connectivity index (χ0n) is 13.2. The van der Waals surface area contributed by atoms with Crippen molar-refractivity contribution in [2.75, 3.05) is 0 Å². The second kappa shape index (κ2) is 4.84. The summed E-state index contributed by atoms with van der Waals surface area (Å²) in [4.78, 5) is 0. The van der Waals surface area contributed by atoms with E-state index in [9.17, 15) is 4.39 Å². The molecule has 2 saturated carbocycles. The van der Waals surface area contributed by atoms with Crippen molar-refractivity contribution in [2.24, 2.45) is 11.8 Å². The van der Waals surface area contributed by atoms with Gasteiger partial charge in [0, 0.05) is 0 Å². The van der Waals surface area contributed by atoms with E-state index in [0.717, 1.165) is 18.4 Å².